The average molecular weight is 246 g/mol. The second-order valence-corrected chi connectivity index (χ2v) is 7.89. The van der Waals surface area contributed by atoms with Crippen molar-refractivity contribution in [2.45, 2.75) is 57.5 Å². The predicted octanol–water partition coefficient (Wildman–Crippen LogP) is 3.28. The van der Waals surface area contributed by atoms with Gasteiger partial charge in [0.1, 0.15) is 6.29 Å². The van der Waals surface area contributed by atoms with Gasteiger partial charge in [-0.15, -0.1) is 0 Å². The Kier molecular flexibility index (Phi) is 8.79. The van der Waals surface area contributed by atoms with E-state index in [1.165, 1.54) is 12.8 Å². The molecule has 0 bridgehead atoms. The van der Waals surface area contributed by atoms with Gasteiger partial charge in [-0.3, -0.25) is 0 Å². The van der Waals surface area contributed by atoms with E-state index in [9.17, 15) is 4.79 Å². The fraction of sp³-hybridized carbons (Fsp3) is 0.917. The smallest absolute Gasteiger partial charge is 0.348 e. The lowest BCUT2D eigenvalue weighted by Crippen LogP contribution is -2.45. The molecule has 1 unspecified atom stereocenters. The van der Waals surface area contributed by atoms with E-state index in [1.807, 2.05) is 0 Å². The first-order valence-electron chi connectivity index (χ1n) is 6.26. The first-order chi connectivity index (χ1) is 7.70. The van der Waals surface area contributed by atoms with E-state index in [1.54, 1.807) is 14.2 Å². The zero-order valence-corrected chi connectivity index (χ0v) is 12.1. The van der Waals surface area contributed by atoms with E-state index >= 15 is 0 Å². The molecule has 16 heavy (non-hydrogen) atoms. The first-order valence-corrected chi connectivity index (χ1v) is 8.36. The number of unbranched alkanes of at least 4 members (excludes halogenated alkanes) is 2. The van der Waals surface area contributed by atoms with Gasteiger partial charge in [-0.1, -0.05) is 39.5 Å². The zero-order valence-electron chi connectivity index (χ0n) is 11.1. The molecular formula is C12H26O3Si. The largest absolute Gasteiger partial charge is 0.397 e. The maximum atomic E-state index is 11.2. The van der Waals surface area contributed by atoms with Crippen molar-refractivity contribution in [2.24, 2.45) is 0 Å². The lowest BCUT2D eigenvalue weighted by Gasteiger charge is -2.32. The van der Waals surface area contributed by atoms with Crippen LogP contribution in [0, 0.1) is 0 Å². The Morgan fingerprint density at radius 3 is 2.12 bits per heavy atom. The summed E-state index contributed by atoms with van der Waals surface area (Å²) >= 11 is 0. The molecule has 0 aromatic heterocycles. The van der Waals surface area contributed by atoms with Crippen molar-refractivity contribution in [3.63, 3.8) is 0 Å². The molecule has 0 saturated heterocycles. The van der Waals surface area contributed by atoms with Crippen LogP contribution in [0.2, 0.25) is 11.6 Å². The van der Waals surface area contributed by atoms with Crippen LogP contribution >= 0.6 is 0 Å². The highest BCUT2D eigenvalue weighted by atomic mass is 28.4. The normalized spacial score (nSPS) is 13.8. The second-order valence-electron chi connectivity index (χ2n) is 4.21. The summed E-state index contributed by atoms with van der Waals surface area (Å²) in [6.07, 6.45) is 6.40. The fourth-order valence-corrected chi connectivity index (χ4v) is 5.23. The molecule has 0 aliphatic rings. The maximum Gasteiger partial charge on any atom is 0.348 e. The summed E-state index contributed by atoms with van der Waals surface area (Å²) < 4.78 is 11.2. The number of hydrogen-bond acceptors (Lipinski definition) is 3. The first kappa shape index (κ1) is 15.8. The molecule has 1 atom stereocenters. The molecule has 0 rings (SSSR count). The number of aldehydes is 1. The second kappa shape index (κ2) is 8.90. The standard InChI is InChI=1S/C12H26O3Si/c1-5-7-8-9-12(11-13)16(14-3,15-4)10-6-2/h11-12H,5-10H2,1-4H3. The SMILES string of the molecule is CCCCCC(C=O)[Si](CCC)(OC)OC. The monoisotopic (exact) mass is 246 g/mol. The highest BCUT2D eigenvalue weighted by molar-refractivity contribution is 6.71. The van der Waals surface area contributed by atoms with Gasteiger partial charge in [0.05, 0.1) is 5.54 Å². The Morgan fingerprint density at radius 1 is 1.12 bits per heavy atom. The lowest BCUT2D eigenvalue weighted by atomic mass is 10.2. The van der Waals surface area contributed by atoms with E-state index < -0.39 is 8.56 Å². The molecule has 96 valence electrons. The number of carbonyl (C=O) groups excluding carboxylic acids is 1. The van der Waals surface area contributed by atoms with Gasteiger partial charge in [-0.05, 0) is 12.5 Å². The van der Waals surface area contributed by atoms with Gasteiger partial charge in [-0.2, -0.15) is 0 Å². The van der Waals surface area contributed by atoms with E-state index in [4.69, 9.17) is 8.85 Å². The number of hydrogen-bond donors (Lipinski definition) is 0. The molecule has 0 saturated carbocycles. The van der Waals surface area contributed by atoms with Crippen molar-refractivity contribution in [2.75, 3.05) is 14.2 Å². The summed E-state index contributed by atoms with van der Waals surface area (Å²) in [5, 5.41) is 0. The topological polar surface area (TPSA) is 35.5 Å². The highest BCUT2D eigenvalue weighted by Crippen LogP contribution is 2.31. The zero-order chi connectivity index (χ0) is 12.4. The Labute approximate surface area is 101 Å². The lowest BCUT2D eigenvalue weighted by molar-refractivity contribution is -0.108. The van der Waals surface area contributed by atoms with E-state index in [0.717, 1.165) is 31.6 Å². The number of carbonyl (C=O) groups is 1. The molecule has 0 aromatic rings. The fourth-order valence-electron chi connectivity index (χ4n) is 2.13. The summed E-state index contributed by atoms with van der Waals surface area (Å²) in [6, 6.07) is 0.898. The third kappa shape index (κ3) is 4.35. The maximum absolute atomic E-state index is 11.2. The molecule has 4 heteroatoms. The average Bonchev–Trinajstić information content (AvgIpc) is 2.32. The van der Waals surface area contributed by atoms with Gasteiger partial charge < -0.3 is 13.6 Å². The molecule has 0 amide bonds. The molecule has 0 N–H and O–H groups in total. The minimum absolute atomic E-state index is 0.0194. The van der Waals surface area contributed by atoms with Crippen LogP contribution in [-0.2, 0) is 13.6 Å². The van der Waals surface area contributed by atoms with Gasteiger partial charge in [0.15, 0.2) is 0 Å². The predicted molar refractivity (Wildman–Crippen MR) is 68.8 cm³/mol. The van der Waals surface area contributed by atoms with Gasteiger partial charge in [0.2, 0.25) is 0 Å². The van der Waals surface area contributed by atoms with Crippen molar-refractivity contribution in [3.8, 4) is 0 Å². The molecular weight excluding hydrogens is 220 g/mol. The summed E-state index contributed by atoms with van der Waals surface area (Å²) in [6.45, 7) is 4.27. The third-order valence-corrected chi connectivity index (χ3v) is 7.27. The van der Waals surface area contributed by atoms with Crippen molar-refractivity contribution in [1.82, 2.24) is 0 Å². The van der Waals surface area contributed by atoms with Crippen LogP contribution in [0.1, 0.15) is 46.0 Å². The Balaban J connectivity index is 4.49. The molecule has 0 aliphatic carbocycles. The number of rotatable bonds is 10. The van der Waals surface area contributed by atoms with Crippen LogP contribution in [0.4, 0.5) is 0 Å². The van der Waals surface area contributed by atoms with E-state index in [-0.39, 0.29) is 5.54 Å². The van der Waals surface area contributed by atoms with Crippen molar-refractivity contribution in [1.29, 1.82) is 0 Å². The molecule has 3 nitrogen and oxygen atoms in total. The van der Waals surface area contributed by atoms with Crippen molar-refractivity contribution in [3.05, 3.63) is 0 Å². The van der Waals surface area contributed by atoms with Crippen LogP contribution in [0.25, 0.3) is 0 Å². The minimum Gasteiger partial charge on any atom is -0.397 e. The van der Waals surface area contributed by atoms with Crippen LogP contribution in [-0.4, -0.2) is 29.1 Å². The quantitative estimate of drug-likeness (QED) is 0.337. The molecule has 0 fully saturated rings. The van der Waals surface area contributed by atoms with Crippen molar-refractivity contribution < 1.29 is 13.6 Å². The summed E-state index contributed by atoms with van der Waals surface area (Å²) in [5.41, 5.74) is -0.0194. The minimum atomic E-state index is -2.29. The molecule has 0 heterocycles. The molecule has 0 radical (unpaired) electrons. The van der Waals surface area contributed by atoms with Crippen LogP contribution < -0.4 is 0 Å². The molecule has 0 spiro atoms. The highest BCUT2D eigenvalue weighted by Gasteiger charge is 2.43. The Bertz CT molecular complexity index is 181. The molecule has 0 aliphatic heterocycles. The Morgan fingerprint density at radius 2 is 1.75 bits per heavy atom. The van der Waals surface area contributed by atoms with Crippen molar-refractivity contribution >= 4 is 14.8 Å². The Hall–Kier alpha value is -0.193. The van der Waals surface area contributed by atoms with E-state index in [0.29, 0.717) is 0 Å². The summed E-state index contributed by atoms with van der Waals surface area (Å²) in [5.74, 6) is 0. The van der Waals surface area contributed by atoms with Gasteiger partial charge in [0.25, 0.3) is 0 Å². The summed E-state index contributed by atoms with van der Waals surface area (Å²) in [4.78, 5) is 11.2. The van der Waals surface area contributed by atoms with Crippen LogP contribution in [0.5, 0.6) is 0 Å². The summed E-state index contributed by atoms with van der Waals surface area (Å²) in [7, 11) is 1.07. The molecule has 0 aromatic carbocycles. The van der Waals surface area contributed by atoms with Gasteiger partial charge in [0, 0.05) is 14.2 Å². The van der Waals surface area contributed by atoms with Gasteiger partial charge in [-0.25, -0.2) is 0 Å². The van der Waals surface area contributed by atoms with E-state index in [2.05, 4.69) is 13.8 Å². The van der Waals surface area contributed by atoms with Crippen LogP contribution in [0.15, 0.2) is 0 Å². The third-order valence-electron chi connectivity index (χ3n) is 3.14. The van der Waals surface area contributed by atoms with Gasteiger partial charge >= 0.3 is 8.56 Å². The van der Waals surface area contributed by atoms with Crippen LogP contribution in [0.3, 0.4) is 0 Å².